The zero-order valence-corrected chi connectivity index (χ0v) is 11.8. The monoisotopic (exact) mass is 254 g/mol. The molecule has 3 nitrogen and oxygen atoms in total. The highest BCUT2D eigenvalue weighted by Crippen LogP contribution is 2.39. The third kappa shape index (κ3) is 2.95. The molecule has 96 valence electrons. The predicted octanol–water partition coefficient (Wildman–Crippen LogP) is 2.67. The van der Waals surface area contributed by atoms with Gasteiger partial charge < -0.3 is 4.90 Å². The molecule has 0 spiro atoms. The molecular formula is C13H22N2OS. The van der Waals surface area contributed by atoms with Gasteiger partial charge in [-0.15, -0.1) is 0 Å². The van der Waals surface area contributed by atoms with Crippen molar-refractivity contribution in [3.8, 4) is 6.07 Å². The van der Waals surface area contributed by atoms with Crippen LogP contribution in [0, 0.1) is 16.7 Å². The Labute approximate surface area is 109 Å². The lowest BCUT2D eigenvalue weighted by Gasteiger charge is -2.32. The minimum absolute atomic E-state index is 0.0402. The van der Waals surface area contributed by atoms with Crippen LogP contribution in [0.3, 0.4) is 0 Å². The van der Waals surface area contributed by atoms with Crippen LogP contribution in [0.5, 0.6) is 0 Å². The first kappa shape index (κ1) is 14.4. The Morgan fingerprint density at radius 3 is 2.53 bits per heavy atom. The molecule has 1 fully saturated rings. The second kappa shape index (κ2) is 6.30. The van der Waals surface area contributed by atoms with Crippen LogP contribution in [-0.2, 0) is 4.79 Å². The highest BCUT2D eigenvalue weighted by atomic mass is 32.2. The molecule has 0 heterocycles. The lowest BCUT2D eigenvalue weighted by atomic mass is 9.86. The van der Waals surface area contributed by atoms with Gasteiger partial charge in [0, 0.05) is 18.8 Å². The Balaban J connectivity index is 2.77. The molecular weight excluding hydrogens is 232 g/mol. The van der Waals surface area contributed by atoms with Gasteiger partial charge in [0.25, 0.3) is 0 Å². The minimum Gasteiger partial charge on any atom is -0.341 e. The van der Waals surface area contributed by atoms with Crippen LogP contribution in [-0.4, -0.2) is 35.9 Å². The van der Waals surface area contributed by atoms with Crippen LogP contribution in [0.15, 0.2) is 0 Å². The van der Waals surface area contributed by atoms with Crippen molar-refractivity contribution >= 4 is 17.7 Å². The van der Waals surface area contributed by atoms with Crippen molar-refractivity contribution in [2.24, 2.45) is 5.41 Å². The molecule has 1 atom stereocenters. The van der Waals surface area contributed by atoms with E-state index in [1.54, 1.807) is 11.8 Å². The van der Waals surface area contributed by atoms with E-state index in [0.717, 1.165) is 37.9 Å². The van der Waals surface area contributed by atoms with Gasteiger partial charge in [0.15, 0.2) is 0 Å². The Bertz CT molecular complexity index is 305. The van der Waals surface area contributed by atoms with Gasteiger partial charge in [-0.3, -0.25) is 4.79 Å². The fourth-order valence-electron chi connectivity index (χ4n) is 2.55. The van der Waals surface area contributed by atoms with Crippen LogP contribution in [0.2, 0.25) is 0 Å². The van der Waals surface area contributed by atoms with Gasteiger partial charge in [-0.25, -0.2) is 0 Å². The summed E-state index contributed by atoms with van der Waals surface area (Å²) in [6, 6.07) is 2.53. The second-order valence-electron chi connectivity index (χ2n) is 4.83. The summed E-state index contributed by atoms with van der Waals surface area (Å²) in [6.07, 6.45) is 6.49. The van der Waals surface area contributed by atoms with Crippen molar-refractivity contribution < 1.29 is 4.79 Å². The Morgan fingerprint density at radius 2 is 2.12 bits per heavy atom. The van der Waals surface area contributed by atoms with Gasteiger partial charge in [-0.2, -0.15) is 17.0 Å². The molecule has 0 aliphatic heterocycles. The molecule has 0 N–H and O–H groups in total. The van der Waals surface area contributed by atoms with Gasteiger partial charge in [0.05, 0.1) is 6.07 Å². The van der Waals surface area contributed by atoms with Crippen LogP contribution in [0.4, 0.5) is 0 Å². The quantitative estimate of drug-likeness (QED) is 0.757. The SMILES string of the molecule is CCC(CSC)N(C)C(=O)C1(C#N)CCCC1. The van der Waals surface area contributed by atoms with Crippen LogP contribution < -0.4 is 0 Å². The average Bonchev–Trinajstić information content (AvgIpc) is 2.84. The van der Waals surface area contributed by atoms with Gasteiger partial charge >= 0.3 is 0 Å². The molecule has 0 aromatic heterocycles. The fraction of sp³-hybridized carbons (Fsp3) is 0.846. The number of hydrogen-bond acceptors (Lipinski definition) is 3. The van der Waals surface area contributed by atoms with Crippen molar-refractivity contribution in [3.05, 3.63) is 0 Å². The first-order valence-electron chi connectivity index (χ1n) is 6.28. The van der Waals surface area contributed by atoms with E-state index >= 15 is 0 Å². The number of hydrogen-bond donors (Lipinski definition) is 0. The maximum absolute atomic E-state index is 12.5. The van der Waals surface area contributed by atoms with E-state index in [1.165, 1.54) is 0 Å². The molecule has 1 amide bonds. The molecule has 0 bridgehead atoms. The maximum atomic E-state index is 12.5. The molecule has 1 unspecified atom stereocenters. The Morgan fingerprint density at radius 1 is 1.53 bits per heavy atom. The minimum atomic E-state index is -0.722. The van der Waals surface area contributed by atoms with Gasteiger partial charge in [0.1, 0.15) is 5.41 Å². The number of carbonyl (C=O) groups excluding carboxylic acids is 1. The molecule has 1 saturated carbocycles. The topological polar surface area (TPSA) is 44.1 Å². The second-order valence-corrected chi connectivity index (χ2v) is 5.75. The lowest BCUT2D eigenvalue weighted by molar-refractivity contribution is -0.139. The summed E-state index contributed by atoms with van der Waals surface area (Å²) >= 11 is 1.75. The smallest absolute Gasteiger partial charge is 0.243 e. The van der Waals surface area contributed by atoms with Crippen molar-refractivity contribution in [3.63, 3.8) is 0 Å². The number of rotatable bonds is 5. The standard InChI is InChI=1S/C13H22N2OS/c1-4-11(9-17-3)15(2)12(16)13(10-14)7-5-6-8-13/h11H,4-9H2,1-3H3. The molecule has 0 saturated heterocycles. The summed E-state index contributed by atoms with van der Waals surface area (Å²) in [5.41, 5.74) is -0.722. The zero-order chi connectivity index (χ0) is 12.9. The van der Waals surface area contributed by atoms with Gasteiger partial charge in [-0.1, -0.05) is 19.8 Å². The molecule has 17 heavy (non-hydrogen) atoms. The summed E-state index contributed by atoms with van der Waals surface area (Å²) in [6.45, 7) is 2.10. The van der Waals surface area contributed by atoms with Crippen LogP contribution in [0.25, 0.3) is 0 Å². The van der Waals surface area contributed by atoms with E-state index in [9.17, 15) is 10.1 Å². The number of nitriles is 1. The Kier molecular flexibility index (Phi) is 5.32. The molecule has 4 heteroatoms. The first-order chi connectivity index (χ1) is 8.11. The lowest BCUT2D eigenvalue weighted by Crippen LogP contribution is -2.46. The van der Waals surface area contributed by atoms with E-state index in [-0.39, 0.29) is 11.9 Å². The Hall–Kier alpha value is -0.690. The number of thioether (sulfide) groups is 1. The summed E-state index contributed by atoms with van der Waals surface area (Å²) in [4.78, 5) is 14.3. The highest BCUT2D eigenvalue weighted by molar-refractivity contribution is 7.98. The number of nitrogens with zero attached hydrogens (tertiary/aromatic N) is 2. The zero-order valence-electron chi connectivity index (χ0n) is 11.0. The maximum Gasteiger partial charge on any atom is 0.243 e. The third-order valence-corrected chi connectivity index (χ3v) is 4.50. The van der Waals surface area contributed by atoms with Crippen molar-refractivity contribution in [1.82, 2.24) is 4.90 Å². The number of amides is 1. The molecule has 0 radical (unpaired) electrons. The summed E-state index contributed by atoms with van der Waals surface area (Å²) in [7, 11) is 1.85. The van der Waals surface area contributed by atoms with E-state index < -0.39 is 5.41 Å². The van der Waals surface area contributed by atoms with E-state index in [1.807, 2.05) is 11.9 Å². The van der Waals surface area contributed by atoms with Crippen LogP contribution >= 0.6 is 11.8 Å². The predicted molar refractivity (Wildman–Crippen MR) is 71.7 cm³/mol. The molecule has 1 rings (SSSR count). The third-order valence-electron chi connectivity index (χ3n) is 3.78. The van der Waals surface area contributed by atoms with Crippen molar-refractivity contribution in [1.29, 1.82) is 5.26 Å². The fourth-order valence-corrected chi connectivity index (χ4v) is 3.40. The number of carbonyl (C=O) groups is 1. The largest absolute Gasteiger partial charge is 0.341 e. The van der Waals surface area contributed by atoms with Gasteiger partial charge in [0.2, 0.25) is 5.91 Å². The van der Waals surface area contributed by atoms with E-state index in [0.29, 0.717) is 0 Å². The molecule has 0 aromatic carbocycles. The average molecular weight is 254 g/mol. The summed E-state index contributed by atoms with van der Waals surface area (Å²) in [5, 5.41) is 9.32. The summed E-state index contributed by atoms with van der Waals surface area (Å²) in [5.74, 6) is 0.985. The van der Waals surface area contributed by atoms with Gasteiger partial charge in [-0.05, 0) is 25.5 Å². The normalized spacial score (nSPS) is 19.6. The van der Waals surface area contributed by atoms with Crippen molar-refractivity contribution in [2.75, 3.05) is 19.1 Å². The van der Waals surface area contributed by atoms with E-state index in [2.05, 4.69) is 19.2 Å². The molecule has 0 aromatic rings. The molecule has 1 aliphatic rings. The van der Waals surface area contributed by atoms with E-state index in [4.69, 9.17) is 0 Å². The van der Waals surface area contributed by atoms with Crippen LogP contribution in [0.1, 0.15) is 39.0 Å². The molecule has 1 aliphatic carbocycles. The summed E-state index contributed by atoms with van der Waals surface area (Å²) < 4.78 is 0. The van der Waals surface area contributed by atoms with Crippen molar-refractivity contribution in [2.45, 2.75) is 45.1 Å². The highest BCUT2D eigenvalue weighted by Gasteiger charge is 2.44. The first-order valence-corrected chi connectivity index (χ1v) is 7.68.